The van der Waals surface area contributed by atoms with Crippen molar-refractivity contribution in [3.8, 4) is 5.75 Å². The van der Waals surface area contributed by atoms with Crippen LogP contribution in [0.25, 0.3) is 0 Å². The number of carboxylic acids is 1. The molecule has 4 heteroatoms. The first kappa shape index (κ1) is 19.4. The number of aliphatic carboxylic acids is 1. The minimum Gasteiger partial charge on any atom is -0.489 e. The van der Waals surface area contributed by atoms with E-state index in [4.69, 9.17) is 9.84 Å². The highest BCUT2D eigenvalue weighted by molar-refractivity contribution is 5.66. The molecule has 2 unspecified atom stereocenters. The van der Waals surface area contributed by atoms with Crippen molar-refractivity contribution < 1.29 is 19.7 Å². The highest BCUT2D eigenvalue weighted by Crippen LogP contribution is 2.52. The molecule has 0 saturated heterocycles. The Kier molecular flexibility index (Phi) is 6.17. The van der Waals surface area contributed by atoms with Gasteiger partial charge in [-0.15, -0.1) is 0 Å². The molecule has 2 aromatic carbocycles. The molecule has 0 fully saturated rings. The number of ether oxygens (including phenoxy) is 1. The van der Waals surface area contributed by atoms with Crippen LogP contribution in [0.1, 0.15) is 61.8 Å². The molecule has 144 valence electrons. The van der Waals surface area contributed by atoms with Crippen molar-refractivity contribution >= 4 is 5.97 Å². The molecule has 2 atom stereocenters. The van der Waals surface area contributed by atoms with Crippen molar-refractivity contribution in [2.45, 2.75) is 58.2 Å². The van der Waals surface area contributed by atoms with E-state index in [-0.39, 0.29) is 11.8 Å². The lowest BCUT2D eigenvalue weighted by Gasteiger charge is -2.32. The van der Waals surface area contributed by atoms with Crippen LogP contribution in [0, 0.1) is 5.41 Å². The number of unbranched alkanes of at least 4 members (excludes halogenated alkanes) is 1. The summed E-state index contributed by atoms with van der Waals surface area (Å²) in [5.74, 6) is -0.0183. The molecule has 2 aromatic rings. The largest absolute Gasteiger partial charge is 0.489 e. The minimum atomic E-state index is -0.805. The van der Waals surface area contributed by atoms with Gasteiger partial charge in [0.15, 0.2) is 0 Å². The fourth-order valence-corrected chi connectivity index (χ4v) is 4.10. The molecule has 0 radical (unpaired) electrons. The van der Waals surface area contributed by atoms with Crippen molar-refractivity contribution in [2.24, 2.45) is 5.41 Å². The van der Waals surface area contributed by atoms with E-state index in [0.717, 1.165) is 41.7 Å². The SMILES string of the molecule is CCCCC1(CCC(=O)O)Cc2cc(OCc3ccccc3)ccc2C1O. The summed E-state index contributed by atoms with van der Waals surface area (Å²) in [6.45, 7) is 2.62. The molecule has 0 bridgehead atoms. The molecule has 3 rings (SSSR count). The lowest BCUT2D eigenvalue weighted by molar-refractivity contribution is -0.138. The van der Waals surface area contributed by atoms with Gasteiger partial charge in [-0.3, -0.25) is 4.79 Å². The Labute approximate surface area is 160 Å². The average molecular weight is 368 g/mol. The van der Waals surface area contributed by atoms with E-state index in [1.54, 1.807) is 0 Å². The van der Waals surface area contributed by atoms with Gasteiger partial charge in [0.05, 0.1) is 6.10 Å². The number of aliphatic hydroxyl groups excluding tert-OH is 1. The fraction of sp³-hybridized carbons (Fsp3) is 0.435. The third-order valence-electron chi connectivity index (χ3n) is 5.64. The number of benzene rings is 2. The maximum Gasteiger partial charge on any atom is 0.303 e. The van der Waals surface area contributed by atoms with Crippen LogP contribution in [0.3, 0.4) is 0 Å². The summed E-state index contributed by atoms with van der Waals surface area (Å²) in [6.07, 6.45) is 3.55. The minimum absolute atomic E-state index is 0.0894. The van der Waals surface area contributed by atoms with Gasteiger partial charge in [-0.05, 0) is 48.1 Å². The Bertz CT molecular complexity index is 771. The van der Waals surface area contributed by atoms with E-state index in [1.165, 1.54) is 0 Å². The molecular formula is C23H28O4. The number of aliphatic hydroxyl groups is 1. The molecule has 0 spiro atoms. The highest BCUT2D eigenvalue weighted by atomic mass is 16.5. The molecule has 0 saturated carbocycles. The van der Waals surface area contributed by atoms with Crippen LogP contribution < -0.4 is 4.74 Å². The quantitative estimate of drug-likeness (QED) is 0.661. The van der Waals surface area contributed by atoms with Gasteiger partial charge < -0.3 is 14.9 Å². The zero-order valence-electron chi connectivity index (χ0n) is 15.9. The zero-order valence-corrected chi connectivity index (χ0v) is 15.9. The third-order valence-corrected chi connectivity index (χ3v) is 5.64. The summed E-state index contributed by atoms with van der Waals surface area (Å²) in [5.41, 5.74) is 2.73. The third kappa shape index (κ3) is 4.51. The summed E-state index contributed by atoms with van der Waals surface area (Å²) in [7, 11) is 0. The first-order valence-corrected chi connectivity index (χ1v) is 9.73. The van der Waals surface area contributed by atoms with Gasteiger partial charge in [0.1, 0.15) is 12.4 Å². The van der Waals surface area contributed by atoms with Crippen molar-refractivity contribution in [1.82, 2.24) is 0 Å². The first-order chi connectivity index (χ1) is 13.0. The standard InChI is InChI=1S/C23H28O4/c1-2-3-12-23(13-11-21(24)25)15-18-14-19(9-10-20(18)22(23)26)27-16-17-7-5-4-6-8-17/h4-10,14,22,26H,2-3,11-13,15-16H2,1H3,(H,24,25). The Morgan fingerprint density at radius 2 is 1.96 bits per heavy atom. The molecule has 2 N–H and O–H groups in total. The molecule has 27 heavy (non-hydrogen) atoms. The Morgan fingerprint density at radius 3 is 2.67 bits per heavy atom. The highest BCUT2D eigenvalue weighted by Gasteiger charge is 2.44. The number of carbonyl (C=O) groups is 1. The predicted molar refractivity (Wildman–Crippen MR) is 105 cm³/mol. The van der Waals surface area contributed by atoms with Crippen LogP contribution in [0.5, 0.6) is 5.75 Å². The second-order valence-corrected chi connectivity index (χ2v) is 7.57. The zero-order chi connectivity index (χ0) is 19.3. The van der Waals surface area contributed by atoms with Crippen LogP contribution >= 0.6 is 0 Å². The lowest BCUT2D eigenvalue weighted by Crippen LogP contribution is -2.27. The van der Waals surface area contributed by atoms with Gasteiger partial charge in [-0.25, -0.2) is 0 Å². The van der Waals surface area contributed by atoms with Crippen molar-refractivity contribution in [3.05, 3.63) is 65.2 Å². The van der Waals surface area contributed by atoms with Gasteiger partial charge in [-0.1, -0.05) is 56.2 Å². The van der Waals surface area contributed by atoms with E-state index >= 15 is 0 Å². The summed E-state index contributed by atoms with van der Waals surface area (Å²) >= 11 is 0. The van der Waals surface area contributed by atoms with E-state index < -0.39 is 12.1 Å². The maximum atomic E-state index is 11.1. The van der Waals surface area contributed by atoms with Crippen LogP contribution in [0.15, 0.2) is 48.5 Å². The number of rotatable bonds is 9. The Morgan fingerprint density at radius 1 is 1.19 bits per heavy atom. The van der Waals surface area contributed by atoms with Gasteiger partial charge in [-0.2, -0.15) is 0 Å². The Balaban J connectivity index is 1.75. The number of hydrogen-bond donors (Lipinski definition) is 2. The Hall–Kier alpha value is -2.33. The van der Waals surface area contributed by atoms with Gasteiger partial charge in [0.2, 0.25) is 0 Å². The van der Waals surface area contributed by atoms with Gasteiger partial charge in [0, 0.05) is 11.8 Å². The molecule has 0 aromatic heterocycles. The van der Waals surface area contributed by atoms with Crippen LogP contribution in [-0.2, 0) is 17.8 Å². The lowest BCUT2D eigenvalue weighted by atomic mass is 9.74. The van der Waals surface area contributed by atoms with Crippen LogP contribution in [0.4, 0.5) is 0 Å². The molecule has 0 amide bonds. The van der Waals surface area contributed by atoms with Crippen molar-refractivity contribution in [1.29, 1.82) is 0 Å². The van der Waals surface area contributed by atoms with E-state index in [0.29, 0.717) is 19.4 Å². The summed E-state index contributed by atoms with van der Waals surface area (Å²) < 4.78 is 5.92. The normalized spacial score (nSPS) is 21.0. The summed E-state index contributed by atoms with van der Waals surface area (Å²) in [4.78, 5) is 11.1. The monoisotopic (exact) mass is 368 g/mol. The molecular weight excluding hydrogens is 340 g/mol. The topological polar surface area (TPSA) is 66.8 Å². The summed E-state index contributed by atoms with van der Waals surface area (Å²) in [6, 6.07) is 15.9. The molecule has 4 nitrogen and oxygen atoms in total. The van der Waals surface area contributed by atoms with Crippen molar-refractivity contribution in [3.63, 3.8) is 0 Å². The molecule has 0 aliphatic heterocycles. The van der Waals surface area contributed by atoms with E-state index in [1.807, 2.05) is 48.5 Å². The van der Waals surface area contributed by atoms with Crippen LogP contribution in [-0.4, -0.2) is 16.2 Å². The number of carboxylic acid groups (broad SMARTS) is 1. The van der Waals surface area contributed by atoms with Gasteiger partial charge in [0.25, 0.3) is 0 Å². The number of fused-ring (bicyclic) bond motifs is 1. The van der Waals surface area contributed by atoms with Crippen LogP contribution in [0.2, 0.25) is 0 Å². The van der Waals surface area contributed by atoms with E-state index in [9.17, 15) is 9.90 Å². The van der Waals surface area contributed by atoms with E-state index in [2.05, 4.69) is 6.92 Å². The first-order valence-electron chi connectivity index (χ1n) is 9.73. The molecule has 1 aliphatic rings. The average Bonchev–Trinajstić information content (AvgIpc) is 2.96. The second-order valence-electron chi connectivity index (χ2n) is 7.57. The predicted octanol–water partition coefficient (Wildman–Crippen LogP) is 4.90. The molecule has 1 aliphatic carbocycles. The number of hydrogen-bond acceptors (Lipinski definition) is 3. The smallest absolute Gasteiger partial charge is 0.303 e. The van der Waals surface area contributed by atoms with Gasteiger partial charge >= 0.3 is 5.97 Å². The molecule has 0 heterocycles. The summed E-state index contributed by atoms with van der Waals surface area (Å²) in [5, 5.41) is 20.1. The van der Waals surface area contributed by atoms with Crippen molar-refractivity contribution in [2.75, 3.05) is 0 Å². The fourth-order valence-electron chi connectivity index (χ4n) is 4.10. The second kappa shape index (κ2) is 8.57. The maximum absolute atomic E-state index is 11.1.